The van der Waals surface area contributed by atoms with Gasteiger partial charge >= 0.3 is 11.9 Å². The predicted octanol–water partition coefficient (Wildman–Crippen LogP) is 3.43. The lowest BCUT2D eigenvalue weighted by Crippen LogP contribution is -2.22. The first-order valence-electron chi connectivity index (χ1n) is 8.98. The molecule has 0 fully saturated rings. The predicted molar refractivity (Wildman–Crippen MR) is 102 cm³/mol. The average molecular weight is 390 g/mol. The highest BCUT2D eigenvalue weighted by Gasteiger charge is 2.25. The monoisotopic (exact) mass is 390 g/mol. The first-order valence-corrected chi connectivity index (χ1v) is 9.80. The molecule has 2 heterocycles. The van der Waals surface area contributed by atoms with E-state index in [1.165, 1.54) is 0 Å². The summed E-state index contributed by atoms with van der Waals surface area (Å²) in [6.45, 7) is 5.35. The Balaban J connectivity index is 1.86. The zero-order valence-corrected chi connectivity index (χ0v) is 16.4. The zero-order chi connectivity index (χ0) is 19.6. The molecule has 144 valence electrons. The van der Waals surface area contributed by atoms with Gasteiger partial charge < -0.3 is 14.5 Å². The molecule has 0 spiro atoms. The minimum absolute atomic E-state index is 0.160. The van der Waals surface area contributed by atoms with E-state index in [0.29, 0.717) is 27.1 Å². The van der Waals surface area contributed by atoms with Crippen molar-refractivity contribution >= 4 is 33.5 Å². The molecular formula is C19H22N2O5S. The molecule has 0 bridgehead atoms. The number of thiophene rings is 1. The summed E-state index contributed by atoms with van der Waals surface area (Å²) in [5.74, 6) is -0.649. The molecule has 0 aliphatic heterocycles. The number of esters is 2. The highest BCUT2D eigenvalue weighted by Crippen LogP contribution is 2.29. The Morgan fingerprint density at radius 1 is 1.41 bits per heavy atom. The molecule has 0 saturated heterocycles. The first-order chi connectivity index (χ1) is 12.9. The van der Waals surface area contributed by atoms with Gasteiger partial charge in [0.15, 0.2) is 11.9 Å². The van der Waals surface area contributed by atoms with E-state index in [1.807, 2.05) is 6.08 Å². The molecular weight excluding hydrogens is 368 g/mol. The van der Waals surface area contributed by atoms with Crippen LogP contribution >= 0.6 is 11.3 Å². The number of aryl methyl sites for hydroxylation is 1. The van der Waals surface area contributed by atoms with Crippen LogP contribution in [0.4, 0.5) is 0 Å². The van der Waals surface area contributed by atoms with E-state index >= 15 is 0 Å². The number of H-pyrrole nitrogens is 1. The molecule has 0 saturated carbocycles. The maximum atomic E-state index is 12.5. The minimum atomic E-state index is -0.686. The Morgan fingerprint density at radius 2 is 2.19 bits per heavy atom. The molecule has 7 nitrogen and oxygen atoms in total. The second-order valence-electron chi connectivity index (χ2n) is 6.47. The van der Waals surface area contributed by atoms with Crippen molar-refractivity contribution in [3.05, 3.63) is 38.8 Å². The Labute approximate surface area is 160 Å². The topological polar surface area (TPSA) is 98.3 Å². The largest absolute Gasteiger partial charge is 0.462 e. The highest BCUT2D eigenvalue weighted by atomic mass is 32.1. The van der Waals surface area contributed by atoms with E-state index in [4.69, 9.17) is 9.47 Å². The molecule has 0 unspecified atom stereocenters. The van der Waals surface area contributed by atoms with Crippen molar-refractivity contribution < 1.29 is 19.1 Å². The Kier molecular flexibility index (Phi) is 5.74. The molecule has 1 aliphatic rings. The minimum Gasteiger partial charge on any atom is -0.462 e. The lowest BCUT2D eigenvalue weighted by molar-refractivity contribution is -0.154. The molecule has 2 atom stereocenters. The Bertz CT molecular complexity index is 959. The van der Waals surface area contributed by atoms with E-state index in [0.717, 1.165) is 24.2 Å². The van der Waals surface area contributed by atoms with Crippen LogP contribution in [-0.2, 0) is 14.3 Å². The summed E-state index contributed by atoms with van der Waals surface area (Å²) in [7, 11) is 0. The van der Waals surface area contributed by atoms with Crippen LogP contribution in [0.3, 0.4) is 0 Å². The van der Waals surface area contributed by atoms with Gasteiger partial charge in [-0.1, -0.05) is 12.2 Å². The Morgan fingerprint density at radius 3 is 2.85 bits per heavy atom. The number of nitrogens with one attached hydrogen (secondary N) is 1. The van der Waals surface area contributed by atoms with Crippen LogP contribution in [0, 0.1) is 12.8 Å². The van der Waals surface area contributed by atoms with E-state index in [2.05, 4.69) is 16.0 Å². The summed E-state index contributed by atoms with van der Waals surface area (Å²) in [4.78, 5) is 44.8. The second-order valence-corrected chi connectivity index (χ2v) is 7.47. The summed E-state index contributed by atoms with van der Waals surface area (Å²) in [6, 6.07) is 0. The van der Waals surface area contributed by atoms with Gasteiger partial charge in [0.1, 0.15) is 9.71 Å². The van der Waals surface area contributed by atoms with Gasteiger partial charge in [0.2, 0.25) is 0 Å². The van der Waals surface area contributed by atoms with Crippen LogP contribution in [-0.4, -0.2) is 28.5 Å². The van der Waals surface area contributed by atoms with Crippen molar-refractivity contribution in [1.82, 2.24) is 9.97 Å². The summed E-state index contributed by atoms with van der Waals surface area (Å²) >= 11 is 1.11. The molecule has 0 aromatic carbocycles. The number of allylic oxidation sites excluding steroid dienone is 2. The van der Waals surface area contributed by atoms with E-state index in [1.54, 1.807) is 20.8 Å². The fourth-order valence-corrected chi connectivity index (χ4v) is 4.16. The molecule has 0 amide bonds. The number of hydrogen-bond acceptors (Lipinski definition) is 7. The maximum Gasteiger partial charge on any atom is 0.348 e. The molecule has 2 aromatic heterocycles. The number of aromatic amines is 1. The lowest BCUT2D eigenvalue weighted by Gasteiger charge is -2.19. The van der Waals surface area contributed by atoms with Crippen molar-refractivity contribution in [2.24, 2.45) is 5.92 Å². The highest BCUT2D eigenvalue weighted by molar-refractivity contribution is 7.20. The number of carbonyl (C=O) groups is 2. The second kappa shape index (κ2) is 8.04. The third-order valence-electron chi connectivity index (χ3n) is 4.56. The molecule has 3 rings (SSSR count). The zero-order valence-electron chi connectivity index (χ0n) is 15.5. The van der Waals surface area contributed by atoms with Gasteiger partial charge in [-0.15, -0.1) is 11.3 Å². The van der Waals surface area contributed by atoms with Crippen LogP contribution in [0.2, 0.25) is 0 Å². The van der Waals surface area contributed by atoms with Gasteiger partial charge in [-0.05, 0) is 45.6 Å². The number of hydrogen-bond donors (Lipinski definition) is 1. The maximum absolute atomic E-state index is 12.5. The van der Waals surface area contributed by atoms with E-state index in [9.17, 15) is 14.4 Å². The van der Waals surface area contributed by atoms with Gasteiger partial charge in [0.25, 0.3) is 5.56 Å². The fourth-order valence-electron chi connectivity index (χ4n) is 3.08. The van der Waals surface area contributed by atoms with Gasteiger partial charge in [-0.2, -0.15) is 0 Å². The van der Waals surface area contributed by atoms with Crippen molar-refractivity contribution in [2.45, 2.75) is 46.1 Å². The lowest BCUT2D eigenvalue weighted by atomic mass is 9.95. The molecule has 2 aromatic rings. The third-order valence-corrected chi connectivity index (χ3v) is 5.73. The number of aromatic nitrogens is 2. The van der Waals surface area contributed by atoms with Gasteiger partial charge in [-0.25, -0.2) is 9.78 Å². The number of ether oxygens (including phenoxy) is 2. The molecule has 0 radical (unpaired) electrons. The summed E-state index contributed by atoms with van der Waals surface area (Å²) < 4.78 is 10.5. The van der Waals surface area contributed by atoms with Crippen molar-refractivity contribution in [3.8, 4) is 0 Å². The van der Waals surface area contributed by atoms with Crippen LogP contribution in [0.1, 0.15) is 60.3 Å². The average Bonchev–Trinajstić information content (AvgIpc) is 2.99. The number of carbonyl (C=O) groups excluding carboxylic acids is 2. The summed E-state index contributed by atoms with van der Waals surface area (Å²) in [5, 5.41) is 0.364. The fraction of sp³-hybridized carbons (Fsp3) is 0.474. The van der Waals surface area contributed by atoms with Gasteiger partial charge in [0.05, 0.1) is 17.9 Å². The third kappa shape index (κ3) is 3.95. The van der Waals surface area contributed by atoms with E-state index in [-0.39, 0.29) is 29.9 Å². The van der Waals surface area contributed by atoms with Crippen molar-refractivity contribution in [1.29, 1.82) is 0 Å². The quantitative estimate of drug-likeness (QED) is 0.620. The first kappa shape index (κ1) is 19.3. The molecule has 8 heteroatoms. The van der Waals surface area contributed by atoms with Crippen LogP contribution < -0.4 is 5.56 Å². The molecule has 1 aliphatic carbocycles. The number of rotatable bonds is 5. The molecule has 1 N–H and O–H groups in total. The van der Waals surface area contributed by atoms with Crippen LogP contribution in [0.15, 0.2) is 16.9 Å². The van der Waals surface area contributed by atoms with Crippen molar-refractivity contribution in [3.63, 3.8) is 0 Å². The normalized spacial score (nSPS) is 17.7. The Hall–Kier alpha value is -2.48. The van der Waals surface area contributed by atoms with Crippen LogP contribution in [0.5, 0.6) is 0 Å². The summed E-state index contributed by atoms with van der Waals surface area (Å²) in [5.41, 5.74) is 0.190. The van der Waals surface area contributed by atoms with Gasteiger partial charge in [-0.3, -0.25) is 9.59 Å². The number of nitrogens with zero attached hydrogens (tertiary/aromatic N) is 1. The summed E-state index contributed by atoms with van der Waals surface area (Å²) in [6.07, 6.45) is 5.65. The molecule has 27 heavy (non-hydrogen) atoms. The van der Waals surface area contributed by atoms with Crippen LogP contribution in [0.25, 0.3) is 10.2 Å². The number of fused-ring (bicyclic) bond motifs is 1. The van der Waals surface area contributed by atoms with E-state index < -0.39 is 12.1 Å². The smallest absolute Gasteiger partial charge is 0.348 e. The SMILES string of the molecule is CCOC(=O)c1sc2nc([C@@H](C)OC(=O)[C@@H]3CC=CCC3)[nH]c(=O)c2c1C. The van der Waals surface area contributed by atoms with Crippen molar-refractivity contribution in [2.75, 3.05) is 6.61 Å². The standard InChI is InChI=1S/C19H22N2O5S/c1-4-25-19(24)14-10(2)13-16(22)20-15(21-17(13)27-14)11(3)26-18(23)12-8-6-5-7-9-12/h5-6,11-12H,4,7-9H2,1-3H3,(H,20,21,22)/t11-,12-/m1/s1. The van der Waals surface area contributed by atoms with Gasteiger partial charge in [0, 0.05) is 0 Å².